The summed E-state index contributed by atoms with van der Waals surface area (Å²) in [4.78, 5) is 7.24. The fraction of sp³-hybridized carbons (Fsp3) is 0. The van der Waals surface area contributed by atoms with Gasteiger partial charge in [0.2, 0.25) is 0 Å². The Bertz CT molecular complexity index is 2640. The molecule has 10 aromatic rings. The molecule has 0 aliphatic heterocycles. The van der Waals surface area contributed by atoms with E-state index in [9.17, 15) is 0 Å². The van der Waals surface area contributed by atoms with Crippen LogP contribution in [0.2, 0.25) is 0 Å². The van der Waals surface area contributed by atoms with Crippen molar-refractivity contribution in [3.63, 3.8) is 0 Å². The highest BCUT2D eigenvalue weighted by Crippen LogP contribution is 2.43. The zero-order chi connectivity index (χ0) is 28.8. The molecule has 0 radical (unpaired) electrons. The maximum absolute atomic E-state index is 6.31. The molecule has 6 aromatic carbocycles. The van der Waals surface area contributed by atoms with E-state index < -0.39 is 0 Å². The van der Waals surface area contributed by atoms with Crippen LogP contribution < -0.4 is 4.90 Å². The molecule has 206 valence electrons. The molecule has 4 nitrogen and oxygen atoms in total. The summed E-state index contributed by atoms with van der Waals surface area (Å²) in [6.45, 7) is 0. The summed E-state index contributed by atoms with van der Waals surface area (Å²) < 4.78 is 15.0. The molecule has 0 saturated heterocycles. The Balaban J connectivity index is 1.24. The van der Waals surface area contributed by atoms with Crippen LogP contribution in [0.4, 0.5) is 17.2 Å². The summed E-state index contributed by atoms with van der Waals surface area (Å²) in [6, 6.07) is 44.8. The van der Waals surface area contributed by atoms with Gasteiger partial charge in [0.15, 0.2) is 5.58 Å². The fourth-order valence-corrected chi connectivity index (χ4v) is 7.69. The lowest BCUT2D eigenvalue weighted by Gasteiger charge is -2.24. The van der Waals surface area contributed by atoms with Crippen molar-refractivity contribution in [1.82, 2.24) is 4.98 Å². The second-order valence-electron chi connectivity index (χ2n) is 11.2. The molecule has 4 heterocycles. The average Bonchev–Trinajstić information content (AvgIpc) is 3.74. The van der Waals surface area contributed by atoms with E-state index >= 15 is 0 Å². The molecule has 0 spiro atoms. The number of hydrogen-bond donors (Lipinski definition) is 0. The van der Waals surface area contributed by atoms with Crippen LogP contribution in [0, 0.1) is 0 Å². The van der Waals surface area contributed by atoms with Gasteiger partial charge in [-0.2, -0.15) is 0 Å². The highest BCUT2D eigenvalue weighted by molar-refractivity contribution is 7.25. The minimum atomic E-state index is 0.773. The number of furan rings is 2. The summed E-state index contributed by atoms with van der Waals surface area (Å²) in [6.07, 6.45) is 1.85. The number of pyridine rings is 1. The predicted molar refractivity (Wildman–Crippen MR) is 184 cm³/mol. The summed E-state index contributed by atoms with van der Waals surface area (Å²) >= 11 is 1.82. The predicted octanol–water partition coefficient (Wildman–Crippen LogP) is 11.9. The number of aromatic nitrogens is 1. The smallest absolute Gasteiger partial charge is 0.153 e. The Morgan fingerprint density at radius 3 is 2.00 bits per heavy atom. The molecule has 10 rings (SSSR count). The van der Waals surface area contributed by atoms with E-state index in [1.54, 1.807) is 0 Å². The van der Waals surface area contributed by atoms with Gasteiger partial charge >= 0.3 is 0 Å². The lowest BCUT2D eigenvalue weighted by molar-refractivity contribution is 0.667. The van der Waals surface area contributed by atoms with E-state index in [2.05, 4.69) is 120 Å². The average molecular weight is 583 g/mol. The molecule has 0 amide bonds. The Hall–Kier alpha value is -5.65. The maximum atomic E-state index is 6.31. The molecular weight excluding hydrogens is 561 g/mol. The Morgan fingerprint density at radius 2 is 1.09 bits per heavy atom. The third-order valence-electron chi connectivity index (χ3n) is 8.68. The van der Waals surface area contributed by atoms with Gasteiger partial charge in [-0.1, -0.05) is 60.7 Å². The molecule has 0 fully saturated rings. The van der Waals surface area contributed by atoms with Crippen molar-refractivity contribution >= 4 is 103 Å². The molecule has 0 N–H and O–H groups in total. The first-order chi connectivity index (χ1) is 21.8. The van der Waals surface area contributed by atoms with E-state index in [-0.39, 0.29) is 0 Å². The number of para-hydroxylation sites is 1. The van der Waals surface area contributed by atoms with Gasteiger partial charge in [0.1, 0.15) is 22.6 Å². The topological polar surface area (TPSA) is 42.4 Å². The van der Waals surface area contributed by atoms with Gasteiger partial charge in [-0.3, -0.25) is 4.90 Å². The fourth-order valence-electron chi connectivity index (χ4n) is 6.60. The highest BCUT2D eigenvalue weighted by Gasteiger charge is 2.20. The standard InChI is InChI=1S/C39H22N2O2S/c1-2-8-24-18-35-29(17-23(24)7-1)31-21-39(40-22-36(31)43-35)41(25-13-15-34-30(19-25)27-9-3-5-11-33(27)42-34)26-14-16-38-32(20-26)28-10-4-6-12-37(28)44-38/h1-22H. The van der Waals surface area contributed by atoms with E-state index in [1.807, 2.05) is 29.7 Å². The van der Waals surface area contributed by atoms with Gasteiger partial charge in [-0.25, -0.2) is 4.98 Å². The molecular formula is C39H22N2O2S. The van der Waals surface area contributed by atoms with E-state index in [0.717, 1.165) is 66.5 Å². The number of anilines is 3. The number of fused-ring (bicyclic) bond motifs is 10. The number of nitrogens with zero attached hydrogens (tertiary/aromatic N) is 2. The van der Waals surface area contributed by atoms with Gasteiger partial charge in [0.05, 0.1) is 6.20 Å². The van der Waals surface area contributed by atoms with Gasteiger partial charge in [-0.05, 0) is 77.5 Å². The molecule has 0 aliphatic carbocycles. The van der Waals surface area contributed by atoms with Gasteiger partial charge in [-0.15, -0.1) is 11.3 Å². The Morgan fingerprint density at radius 1 is 0.455 bits per heavy atom. The van der Waals surface area contributed by atoms with Crippen molar-refractivity contribution in [2.24, 2.45) is 0 Å². The summed E-state index contributed by atoms with van der Waals surface area (Å²) in [5.41, 5.74) is 5.43. The molecule has 44 heavy (non-hydrogen) atoms. The van der Waals surface area contributed by atoms with Crippen LogP contribution in [-0.4, -0.2) is 4.98 Å². The van der Waals surface area contributed by atoms with Crippen LogP contribution in [0.5, 0.6) is 0 Å². The lowest BCUT2D eigenvalue weighted by atomic mass is 10.1. The third kappa shape index (κ3) is 3.47. The normalized spacial score (nSPS) is 12.1. The van der Waals surface area contributed by atoms with Crippen LogP contribution in [0.25, 0.3) is 74.8 Å². The quantitative estimate of drug-likeness (QED) is 0.208. The molecule has 0 bridgehead atoms. The minimum Gasteiger partial charge on any atom is -0.456 e. The molecule has 0 saturated carbocycles. The molecule has 0 unspecified atom stereocenters. The molecule has 0 atom stereocenters. The maximum Gasteiger partial charge on any atom is 0.153 e. The second kappa shape index (κ2) is 8.93. The van der Waals surface area contributed by atoms with Gasteiger partial charge in [0, 0.05) is 53.1 Å². The SMILES string of the molecule is c1ccc2cc3c(cc2c1)oc1cnc(N(c2ccc4oc5ccccc5c4c2)c2ccc4sc5ccccc5c4c2)cc13. The van der Waals surface area contributed by atoms with Crippen LogP contribution >= 0.6 is 11.3 Å². The van der Waals surface area contributed by atoms with Crippen molar-refractivity contribution in [1.29, 1.82) is 0 Å². The van der Waals surface area contributed by atoms with Crippen molar-refractivity contribution in [2.45, 2.75) is 0 Å². The molecule has 5 heteroatoms. The van der Waals surface area contributed by atoms with E-state index in [1.165, 1.54) is 25.6 Å². The third-order valence-corrected chi connectivity index (χ3v) is 9.83. The Kier molecular flexibility index (Phi) is 4.84. The Labute approximate surface area is 255 Å². The molecule has 4 aromatic heterocycles. The summed E-state index contributed by atoms with van der Waals surface area (Å²) in [7, 11) is 0. The van der Waals surface area contributed by atoms with Crippen molar-refractivity contribution in [3.8, 4) is 0 Å². The number of hydrogen-bond acceptors (Lipinski definition) is 5. The van der Waals surface area contributed by atoms with Crippen molar-refractivity contribution in [3.05, 3.63) is 134 Å². The van der Waals surface area contributed by atoms with Crippen LogP contribution in [0.3, 0.4) is 0 Å². The zero-order valence-electron chi connectivity index (χ0n) is 23.3. The van der Waals surface area contributed by atoms with E-state index in [0.29, 0.717) is 0 Å². The molecule has 0 aliphatic rings. The number of benzene rings is 6. The monoisotopic (exact) mass is 582 g/mol. The minimum absolute atomic E-state index is 0.773. The first kappa shape index (κ1) is 23.9. The van der Waals surface area contributed by atoms with Gasteiger partial charge < -0.3 is 8.83 Å². The highest BCUT2D eigenvalue weighted by atomic mass is 32.1. The van der Waals surface area contributed by atoms with Crippen LogP contribution in [0.15, 0.2) is 142 Å². The van der Waals surface area contributed by atoms with Crippen LogP contribution in [-0.2, 0) is 0 Å². The van der Waals surface area contributed by atoms with E-state index in [4.69, 9.17) is 13.8 Å². The first-order valence-electron chi connectivity index (χ1n) is 14.6. The number of rotatable bonds is 3. The van der Waals surface area contributed by atoms with Crippen LogP contribution in [0.1, 0.15) is 0 Å². The summed E-state index contributed by atoms with van der Waals surface area (Å²) in [5.74, 6) is 0.819. The van der Waals surface area contributed by atoms with Crippen molar-refractivity contribution in [2.75, 3.05) is 4.90 Å². The zero-order valence-corrected chi connectivity index (χ0v) is 24.1. The largest absolute Gasteiger partial charge is 0.456 e. The summed E-state index contributed by atoms with van der Waals surface area (Å²) in [5, 5.41) is 9.14. The van der Waals surface area contributed by atoms with Gasteiger partial charge in [0.25, 0.3) is 0 Å². The second-order valence-corrected chi connectivity index (χ2v) is 12.3. The van der Waals surface area contributed by atoms with Crippen molar-refractivity contribution < 1.29 is 8.83 Å². The first-order valence-corrected chi connectivity index (χ1v) is 15.4. The number of thiophene rings is 1. The lowest BCUT2D eigenvalue weighted by Crippen LogP contribution is -2.11.